The molecule has 0 saturated carbocycles. The Kier molecular flexibility index (Phi) is 3.31. The summed E-state index contributed by atoms with van der Waals surface area (Å²) in [5.74, 6) is 0.626. The SMILES string of the molecule is CC(Cl)=CCn1nnc(-c2ccccc2)n1. The molecule has 0 bridgehead atoms. The number of tetrazole rings is 1. The second-order valence-corrected chi connectivity index (χ2v) is 3.92. The van der Waals surface area contributed by atoms with Crippen molar-refractivity contribution in [1.82, 2.24) is 20.2 Å². The van der Waals surface area contributed by atoms with Gasteiger partial charge in [0, 0.05) is 10.6 Å². The molecular weight excluding hydrogens is 224 g/mol. The molecule has 16 heavy (non-hydrogen) atoms. The van der Waals surface area contributed by atoms with E-state index < -0.39 is 0 Å². The van der Waals surface area contributed by atoms with Gasteiger partial charge in [-0.1, -0.05) is 41.9 Å². The molecule has 0 N–H and O–H groups in total. The second kappa shape index (κ2) is 4.90. The molecule has 0 radical (unpaired) electrons. The third kappa shape index (κ3) is 2.67. The van der Waals surface area contributed by atoms with Crippen molar-refractivity contribution in [3.05, 3.63) is 41.4 Å². The summed E-state index contributed by atoms with van der Waals surface area (Å²) in [5, 5.41) is 12.9. The molecule has 1 aromatic carbocycles. The van der Waals surface area contributed by atoms with Crippen LogP contribution in [0, 0.1) is 0 Å². The number of benzene rings is 1. The number of hydrogen-bond acceptors (Lipinski definition) is 3. The smallest absolute Gasteiger partial charge is 0.160 e. The molecule has 82 valence electrons. The van der Waals surface area contributed by atoms with E-state index in [0.29, 0.717) is 12.4 Å². The zero-order chi connectivity index (χ0) is 11.4. The first-order chi connectivity index (χ1) is 7.75. The molecule has 0 atom stereocenters. The van der Waals surface area contributed by atoms with Crippen molar-refractivity contribution in [3.63, 3.8) is 0 Å². The van der Waals surface area contributed by atoms with Crippen molar-refractivity contribution < 1.29 is 0 Å². The first kappa shape index (κ1) is 10.8. The topological polar surface area (TPSA) is 43.6 Å². The third-order valence-corrected chi connectivity index (χ3v) is 2.17. The van der Waals surface area contributed by atoms with E-state index in [1.807, 2.05) is 43.3 Å². The summed E-state index contributed by atoms with van der Waals surface area (Å²) in [6.45, 7) is 2.35. The van der Waals surface area contributed by atoms with E-state index in [0.717, 1.165) is 10.6 Å². The number of allylic oxidation sites excluding steroid dienone is 2. The Bertz CT molecular complexity index is 486. The van der Waals surface area contributed by atoms with Crippen molar-refractivity contribution in [2.75, 3.05) is 0 Å². The van der Waals surface area contributed by atoms with Crippen molar-refractivity contribution in [2.24, 2.45) is 0 Å². The fourth-order valence-corrected chi connectivity index (χ4v) is 1.30. The van der Waals surface area contributed by atoms with Gasteiger partial charge in [0.15, 0.2) is 0 Å². The van der Waals surface area contributed by atoms with Gasteiger partial charge in [0.05, 0.1) is 6.54 Å². The predicted molar refractivity (Wildman–Crippen MR) is 62.9 cm³/mol. The Morgan fingerprint density at radius 2 is 2.12 bits per heavy atom. The van der Waals surface area contributed by atoms with Crippen molar-refractivity contribution in [3.8, 4) is 11.4 Å². The van der Waals surface area contributed by atoms with Crippen LogP contribution in [0.1, 0.15) is 6.92 Å². The van der Waals surface area contributed by atoms with Gasteiger partial charge in [-0.25, -0.2) is 0 Å². The minimum atomic E-state index is 0.537. The zero-order valence-electron chi connectivity index (χ0n) is 8.84. The quantitative estimate of drug-likeness (QED) is 0.820. The maximum atomic E-state index is 5.72. The fraction of sp³-hybridized carbons (Fsp3) is 0.182. The van der Waals surface area contributed by atoms with Crippen LogP contribution in [0.25, 0.3) is 11.4 Å². The molecule has 0 saturated heterocycles. The Balaban J connectivity index is 2.17. The fourth-order valence-electron chi connectivity index (χ4n) is 1.23. The van der Waals surface area contributed by atoms with Gasteiger partial charge in [0.25, 0.3) is 0 Å². The zero-order valence-corrected chi connectivity index (χ0v) is 9.59. The molecule has 0 amide bonds. The van der Waals surface area contributed by atoms with Crippen LogP contribution in [0.15, 0.2) is 41.4 Å². The van der Waals surface area contributed by atoms with E-state index in [-0.39, 0.29) is 0 Å². The van der Waals surface area contributed by atoms with E-state index >= 15 is 0 Å². The Labute approximate surface area is 98.5 Å². The summed E-state index contributed by atoms with van der Waals surface area (Å²) in [6, 6.07) is 9.74. The summed E-state index contributed by atoms with van der Waals surface area (Å²) < 4.78 is 0. The highest BCUT2D eigenvalue weighted by Gasteiger charge is 2.03. The Hall–Kier alpha value is -1.68. The van der Waals surface area contributed by atoms with Crippen LogP contribution in [0.5, 0.6) is 0 Å². The number of hydrogen-bond donors (Lipinski definition) is 0. The number of nitrogens with zero attached hydrogens (tertiary/aromatic N) is 4. The van der Waals surface area contributed by atoms with Gasteiger partial charge in [-0.2, -0.15) is 4.80 Å². The summed E-state index contributed by atoms with van der Waals surface area (Å²) in [4.78, 5) is 1.51. The maximum Gasteiger partial charge on any atom is 0.204 e. The summed E-state index contributed by atoms with van der Waals surface area (Å²) in [7, 11) is 0. The van der Waals surface area contributed by atoms with E-state index in [1.165, 1.54) is 4.80 Å². The highest BCUT2D eigenvalue weighted by molar-refractivity contribution is 6.29. The van der Waals surface area contributed by atoms with Crippen LogP contribution >= 0.6 is 11.6 Å². The summed E-state index contributed by atoms with van der Waals surface area (Å²) in [5.41, 5.74) is 0.959. The van der Waals surface area contributed by atoms with Crippen LogP contribution in [0.3, 0.4) is 0 Å². The molecule has 0 spiro atoms. The van der Waals surface area contributed by atoms with Crippen LogP contribution in [0.2, 0.25) is 0 Å². The average Bonchev–Trinajstić information content (AvgIpc) is 2.76. The second-order valence-electron chi connectivity index (χ2n) is 3.32. The van der Waals surface area contributed by atoms with Crippen LogP contribution in [-0.2, 0) is 6.54 Å². The molecule has 0 aliphatic rings. The van der Waals surface area contributed by atoms with Crippen LogP contribution in [-0.4, -0.2) is 20.2 Å². The van der Waals surface area contributed by atoms with E-state index in [4.69, 9.17) is 11.6 Å². The minimum Gasteiger partial charge on any atom is -0.160 e. The van der Waals surface area contributed by atoms with Gasteiger partial charge < -0.3 is 0 Å². The van der Waals surface area contributed by atoms with Gasteiger partial charge >= 0.3 is 0 Å². The van der Waals surface area contributed by atoms with Crippen molar-refractivity contribution in [2.45, 2.75) is 13.5 Å². The lowest BCUT2D eigenvalue weighted by molar-refractivity contribution is 0.582. The molecule has 0 aliphatic carbocycles. The summed E-state index contributed by atoms with van der Waals surface area (Å²) in [6.07, 6.45) is 1.83. The van der Waals surface area contributed by atoms with Crippen LogP contribution in [0.4, 0.5) is 0 Å². The first-order valence-corrected chi connectivity index (χ1v) is 5.29. The largest absolute Gasteiger partial charge is 0.204 e. The number of rotatable bonds is 3. The monoisotopic (exact) mass is 234 g/mol. The van der Waals surface area contributed by atoms with E-state index in [1.54, 1.807) is 0 Å². The highest BCUT2D eigenvalue weighted by atomic mass is 35.5. The van der Waals surface area contributed by atoms with Crippen molar-refractivity contribution >= 4 is 11.6 Å². The maximum absolute atomic E-state index is 5.72. The average molecular weight is 235 g/mol. The highest BCUT2D eigenvalue weighted by Crippen LogP contribution is 2.11. The van der Waals surface area contributed by atoms with Crippen LogP contribution < -0.4 is 0 Å². The van der Waals surface area contributed by atoms with Gasteiger partial charge in [0.1, 0.15) is 0 Å². The molecule has 0 unspecified atom stereocenters. The van der Waals surface area contributed by atoms with Gasteiger partial charge in [-0.05, 0) is 18.2 Å². The van der Waals surface area contributed by atoms with Gasteiger partial charge in [0.2, 0.25) is 5.82 Å². The predicted octanol–water partition coefficient (Wildman–Crippen LogP) is 2.48. The molecule has 2 rings (SSSR count). The molecule has 1 heterocycles. The molecule has 2 aromatic rings. The molecule has 4 nitrogen and oxygen atoms in total. The minimum absolute atomic E-state index is 0.537. The van der Waals surface area contributed by atoms with Gasteiger partial charge in [-0.3, -0.25) is 0 Å². The molecule has 0 aliphatic heterocycles. The lowest BCUT2D eigenvalue weighted by atomic mass is 10.2. The molecular formula is C11H11ClN4. The lowest BCUT2D eigenvalue weighted by Gasteiger charge is -1.92. The van der Waals surface area contributed by atoms with Crippen molar-refractivity contribution in [1.29, 1.82) is 0 Å². The molecule has 1 aromatic heterocycles. The number of aromatic nitrogens is 4. The number of halogens is 1. The standard InChI is InChI=1S/C11H11ClN4/c1-9(12)7-8-16-14-11(13-15-16)10-5-3-2-4-6-10/h2-7H,8H2,1H3. The molecule has 0 fully saturated rings. The lowest BCUT2D eigenvalue weighted by Crippen LogP contribution is -2.00. The Morgan fingerprint density at radius 1 is 1.38 bits per heavy atom. The summed E-state index contributed by atoms with van der Waals surface area (Å²) >= 11 is 5.72. The van der Waals surface area contributed by atoms with Gasteiger partial charge in [-0.15, -0.1) is 10.2 Å². The first-order valence-electron chi connectivity index (χ1n) is 4.91. The van der Waals surface area contributed by atoms with E-state index in [2.05, 4.69) is 15.4 Å². The Morgan fingerprint density at radius 3 is 2.81 bits per heavy atom. The molecule has 5 heteroatoms. The third-order valence-electron chi connectivity index (χ3n) is 2.02. The van der Waals surface area contributed by atoms with E-state index in [9.17, 15) is 0 Å². The normalized spacial score (nSPS) is 11.8.